The molecule has 8 aromatic carbocycles. The van der Waals surface area contributed by atoms with E-state index in [0.29, 0.717) is 0 Å². The first-order valence-electron chi connectivity index (χ1n) is 16.5. The molecule has 0 aliphatic carbocycles. The average molecular weight is 613 g/mol. The highest BCUT2D eigenvalue weighted by Crippen LogP contribution is 2.47. The van der Waals surface area contributed by atoms with E-state index < -0.39 is 0 Å². The quantitative estimate of drug-likeness (QED) is 0.139. The van der Waals surface area contributed by atoms with E-state index in [0.717, 1.165) is 27.7 Å². The summed E-state index contributed by atoms with van der Waals surface area (Å²) in [6, 6.07) is 53.1. The van der Waals surface area contributed by atoms with Crippen molar-refractivity contribution in [2.24, 2.45) is 0 Å². The van der Waals surface area contributed by atoms with Crippen LogP contribution in [0.1, 0.15) is 11.3 Å². The predicted molar refractivity (Wildman–Crippen MR) is 207 cm³/mol. The fraction of sp³-hybridized carbons (Fsp3) is 0.0213. The van der Waals surface area contributed by atoms with Gasteiger partial charge in [-0.1, -0.05) is 146 Å². The molecule has 1 nitrogen and oxygen atoms in total. The summed E-state index contributed by atoms with van der Waals surface area (Å²) >= 11 is 0. The van der Waals surface area contributed by atoms with E-state index in [1.807, 2.05) is 12.2 Å². The van der Waals surface area contributed by atoms with Crippen LogP contribution in [0.5, 0.6) is 0 Å². The van der Waals surface area contributed by atoms with Gasteiger partial charge in [-0.3, -0.25) is 0 Å². The van der Waals surface area contributed by atoms with Gasteiger partial charge in [-0.25, -0.2) is 0 Å². The molecule has 9 rings (SSSR count). The number of fused-ring (bicyclic) bond motifs is 6. The summed E-state index contributed by atoms with van der Waals surface area (Å²) in [6.07, 6.45) is 5.72. The molecule has 0 N–H and O–H groups in total. The fourth-order valence-electron chi connectivity index (χ4n) is 7.53. The predicted octanol–water partition coefficient (Wildman–Crippen LogP) is 13.6. The Morgan fingerprint density at radius 2 is 1.06 bits per heavy atom. The average Bonchev–Trinajstić information content (AvgIpc) is 3.47. The Hall–Kier alpha value is -6.18. The van der Waals surface area contributed by atoms with Crippen molar-refractivity contribution in [3.63, 3.8) is 0 Å². The Morgan fingerprint density at radius 3 is 1.77 bits per heavy atom. The van der Waals surface area contributed by atoms with Crippen molar-refractivity contribution in [1.82, 2.24) is 0 Å². The number of furan rings is 1. The van der Waals surface area contributed by atoms with Crippen LogP contribution < -0.4 is 0 Å². The molecule has 48 heavy (non-hydrogen) atoms. The van der Waals surface area contributed by atoms with Crippen molar-refractivity contribution < 1.29 is 4.42 Å². The van der Waals surface area contributed by atoms with Crippen molar-refractivity contribution in [3.8, 4) is 33.4 Å². The van der Waals surface area contributed by atoms with Gasteiger partial charge in [0.2, 0.25) is 0 Å². The van der Waals surface area contributed by atoms with Gasteiger partial charge in [-0.05, 0) is 102 Å². The van der Waals surface area contributed by atoms with Gasteiger partial charge in [0.15, 0.2) is 0 Å². The number of allylic oxidation sites excluding steroid dienone is 2. The number of hydrogen-bond donors (Lipinski definition) is 0. The normalized spacial score (nSPS) is 11.9. The second-order valence-electron chi connectivity index (χ2n) is 12.5. The maximum atomic E-state index is 6.49. The summed E-state index contributed by atoms with van der Waals surface area (Å²) in [4.78, 5) is 0. The second kappa shape index (κ2) is 11.3. The van der Waals surface area contributed by atoms with E-state index in [4.69, 9.17) is 4.42 Å². The lowest BCUT2D eigenvalue weighted by Gasteiger charge is -2.19. The molecule has 0 amide bonds. The lowest BCUT2D eigenvalue weighted by molar-refractivity contribution is 0.604. The molecule has 0 saturated heterocycles. The Kier molecular flexibility index (Phi) is 6.59. The van der Waals surface area contributed by atoms with Crippen molar-refractivity contribution in [1.29, 1.82) is 0 Å². The molecule has 1 aromatic heterocycles. The molecule has 0 fully saturated rings. The maximum absolute atomic E-state index is 6.49. The highest BCUT2D eigenvalue weighted by Gasteiger charge is 2.21. The number of aryl methyl sites for hydroxylation is 1. The smallest absolute Gasteiger partial charge is 0.142 e. The Bertz CT molecular complexity index is 2700. The number of hydrogen-bond acceptors (Lipinski definition) is 1. The van der Waals surface area contributed by atoms with E-state index in [9.17, 15) is 0 Å². The van der Waals surface area contributed by atoms with Gasteiger partial charge in [0, 0.05) is 16.3 Å². The van der Waals surface area contributed by atoms with Crippen LogP contribution in [-0.4, -0.2) is 0 Å². The maximum Gasteiger partial charge on any atom is 0.142 e. The van der Waals surface area contributed by atoms with E-state index in [1.54, 1.807) is 6.08 Å². The highest BCUT2D eigenvalue weighted by molar-refractivity contribution is 6.25. The van der Waals surface area contributed by atoms with Crippen molar-refractivity contribution in [2.75, 3.05) is 0 Å². The zero-order valence-electron chi connectivity index (χ0n) is 26.7. The molecule has 0 radical (unpaired) electrons. The van der Waals surface area contributed by atoms with Crippen LogP contribution in [-0.2, 0) is 0 Å². The van der Waals surface area contributed by atoms with Crippen LogP contribution in [0, 0.1) is 6.92 Å². The highest BCUT2D eigenvalue weighted by atomic mass is 16.3. The van der Waals surface area contributed by atoms with E-state index in [2.05, 4.69) is 159 Å². The molecular formula is C47H32O. The summed E-state index contributed by atoms with van der Waals surface area (Å²) in [6.45, 7) is 6.00. The topological polar surface area (TPSA) is 13.1 Å². The lowest BCUT2D eigenvalue weighted by atomic mass is 9.84. The molecule has 1 heteroatoms. The van der Waals surface area contributed by atoms with E-state index in [-0.39, 0.29) is 0 Å². The Labute approximate surface area is 279 Å². The molecule has 0 spiro atoms. The summed E-state index contributed by atoms with van der Waals surface area (Å²) in [5.41, 5.74) is 9.42. The van der Waals surface area contributed by atoms with Crippen LogP contribution in [0.25, 0.3) is 93.5 Å². The summed E-state index contributed by atoms with van der Waals surface area (Å²) < 4.78 is 6.49. The van der Waals surface area contributed by atoms with Crippen LogP contribution in [0.15, 0.2) is 169 Å². The monoisotopic (exact) mass is 612 g/mol. The van der Waals surface area contributed by atoms with E-state index >= 15 is 0 Å². The molecule has 0 bridgehead atoms. The molecule has 226 valence electrons. The van der Waals surface area contributed by atoms with Gasteiger partial charge < -0.3 is 4.42 Å². The molecule has 0 saturated carbocycles. The van der Waals surface area contributed by atoms with Crippen LogP contribution in [0.4, 0.5) is 0 Å². The van der Waals surface area contributed by atoms with Crippen LogP contribution >= 0.6 is 0 Å². The SMILES string of the molecule is C=C/C=C\c1oc2c(cc(-c3c4ccccc4c(-c4cccc(-c5ccc6ccccc6c5)c4)c4ccccc34)c3ccccc32)c1C. The first kappa shape index (κ1) is 28.1. The third kappa shape index (κ3) is 4.40. The van der Waals surface area contributed by atoms with Crippen LogP contribution in [0.3, 0.4) is 0 Å². The van der Waals surface area contributed by atoms with Crippen molar-refractivity contribution in [3.05, 3.63) is 176 Å². The molecule has 0 unspecified atom stereocenters. The van der Waals surface area contributed by atoms with Crippen LogP contribution in [0.2, 0.25) is 0 Å². The summed E-state index contributed by atoms with van der Waals surface area (Å²) in [5.74, 6) is 0.864. The van der Waals surface area contributed by atoms with E-state index in [1.165, 1.54) is 71.1 Å². The van der Waals surface area contributed by atoms with Gasteiger partial charge in [-0.15, -0.1) is 0 Å². The van der Waals surface area contributed by atoms with Gasteiger partial charge >= 0.3 is 0 Å². The number of rotatable bonds is 5. The van der Waals surface area contributed by atoms with Gasteiger partial charge in [0.1, 0.15) is 11.3 Å². The molecule has 0 atom stereocenters. The minimum absolute atomic E-state index is 0.864. The zero-order chi connectivity index (χ0) is 32.2. The lowest BCUT2D eigenvalue weighted by Crippen LogP contribution is -1.92. The Balaban J connectivity index is 1.34. The van der Waals surface area contributed by atoms with Gasteiger partial charge in [0.25, 0.3) is 0 Å². The third-order valence-electron chi connectivity index (χ3n) is 9.80. The minimum Gasteiger partial charge on any atom is -0.456 e. The summed E-state index contributed by atoms with van der Waals surface area (Å²) in [7, 11) is 0. The van der Waals surface area contributed by atoms with Gasteiger partial charge in [0.05, 0.1) is 0 Å². The molecule has 9 aromatic rings. The standard InChI is InChI=1S/C47H32O/c1-3-4-24-44-30(2)42-29-43(36-18-7-12-23-41(36)47(42)48-44)46-39-21-10-8-19-37(39)45(38-20-9-11-22-40(38)46)35-17-13-16-33(28-35)34-26-25-31-14-5-6-15-32(31)27-34/h3-29H,1H2,2H3/b24-4-. The molecule has 0 aliphatic rings. The largest absolute Gasteiger partial charge is 0.456 e. The van der Waals surface area contributed by atoms with Gasteiger partial charge in [-0.2, -0.15) is 0 Å². The fourth-order valence-corrected chi connectivity index (χ4v) is 7.53. The second-order valence-corrected chi connectivity index (χ2v) is 12.5. The first-order valence-corrected chi connectivity index (χ1v) is 16.5. The summed E-state index contributed by atoms with van der Waals surface area (Å²) in [5, 5.41) is 10.9. The van der Waals surface area contributed by atoms with Crippen molar-refractivity contribution >= 4 is 60.1 Å². The van der Waals surface area contributed by atoms with Crippen molar-refractivity contribution in [2.45, 2.75) is 6.92 Å². The molecule has 0 aliphatic heterocycles. The first-order chi connectivity index (χ1) is 23.7. The zero-order valence-corrected chi connectivity index (χ0v) is 26.7. The minimum atomic E-state index is 0.864. The molecule has 1 heterocycles. The Morgan fingerprint density at radius 1 is 0.479 bits per heavy atom. The molecular weight excluding hydrogens is 581 g/mol. The number of benzene rings is 8. The third-order valence-corrected chi connectivity index (χ3v) is 9.80.